The van der Waals surface area contributed by atoms with Gasteiger partial charge in [-0.25, -0.2) is 0 Å². The van der Waals surface area contributed by atoms with Gasteiger partial charge in [0.1, 0.15) is 6.04 Å². The maximum absolute atomic E-state index is 11.4. The van der Waals surface area contributed by atoms with E-state index in [4.69, 9.17) is 11.0 Å². The second-order valence-corrected chi connectivity index (χ2v) is 3.46. The lowest BCUT2D eigenvalue weighted by atomic mass is 10.1. The normalized spacial score (nSPS) is 39.8. The van der Waals surface area contributed by atoms with Gasteiger partial charge in [-0.15, -0.1) is 0 Å². The summed E-state index contributed by atoms with van der Waals surface area (Å²) in [4.78, 5) is 13.1. The number of rotatable bonds is 0. The topological polar surface area (TPSA) is 70.1 Å². The zero-order chi connectivity index (χ0) is 8.72. The Morgan fingerprint density at radius 2 is 2.33 bits per heavy atom. The van der Waals surface area contributed by atoms with Crippen LogP contribution in [0.1, 0.15) is 19.3 Å². The molecule has 0 saturated carbocycles. The van der Waals surface area contributed by atoms with Crippen LogP contribution in [0.3, 0.4) is 0 Å². The molecule has 0 radical (unpaired) electrons. The summed E-state index contributed by atoms with van der Waals surface area (Å²) < 4.78 is 0. The fraction of sp³-hybridized carbons (Fsp3) is 0.750. The number of nitrogens with zero attached hydrogens (tertiary/aromatic N) is 2. The zero-order valence-electron chi connectivity index (χ0n) is 6.73. The van der Waals surface area contributed by atoms with Crippen molar-refractivity contribution in [2.75, 3.05) is 0 Å². The third-order valence-corrected chi connectivity index (χ3v) is 2.75. The summed E-state index contributed by atoms with van der Waals surface area (Å²) >= 11 is 0. The van der Waals surface area contributed by atoms with E-state index >= 15 is 0 Å². The van der Waals surface area contributed by atoms with Gasteiger partial charge < -0.3 is 10.6 Å². The van der Waals surface area contributed by atoms with Crippen molar-refractivity contribution in [3.63, 3.8) is 0 Å². The van der Waals surface area contributed by atoms with Crippen molar-refractivity contribution in [3.05, 3.63) is 0 Å². The van der Waals surface area contributed by atoms with Crippen LogP contribution >= 0.6 is 0 Å². The molecule has 0 unspecified atom stereocenters. The quantitative estimate of drug-likeness (QED) is 0.531. The van der Waals surface area contributed by atoms with Crippen molar-refractivity contribution in [1.82, 2.24) is 4.90 Å². The van der Waals surface area contributed by atoms with Crippen LogP contribution in [0, 0.1) is 11.3 Å². The minimum Gasteiger partial charge on any atom is -0.322 e. The second-order valence-electron chi connectivity index (χ2n) is 3.46. The van der Waals surface area contributed by atoms with Crippen molar-refractivity contribution in [2.45, 2.75) is 37.4 Å². The van der Waals surface area contributed by atoms with Crippen LogP contribution in [0.4, 0.5) is 0 Å². The standard InChI is InChI=1S/C8H11N3O/c9-4-6-2-1-5-3-7(10)8(12)11(5)6/h5-7H,1-3,10H2/t5-,6+,7-/m1/s1. The molecule has 64 valence electrons. The molecule has 0 aromatic rings. The average Bonchev–Trinajstić information content (AvgIpc) is 2.55. The van der Waals surface area contributed by atoms with E-state index in [0.29, 0.717) is 0 Å². The molecule has 4 heteroatoms. The Labute approximate surface area is 70.9 Å². The molecule has 1 amide bonds. The summed E-state index contributed by atoms with van der Waals surface area (Å²) in [6, 6.07) is 1.82. The highest BCUT2D eigenvalue weighted by molar-refractivity contribution is 5.85. The SMILES string of the molecule is N#C[C@@H]1CC[C@@H]2C[C@@H](N)C(=O)N21. The molecule has 2 fully saturated rings. The summed E-state index contributed by atoms with van der Waals surface area (Å²) in [5.74, 6) is -0.0379. The molecule has 2 saturated heterocycles. The van der Waals surface area contributed by atoms with E-state index in [-0.39, 0.29) is 24.0 Å². The first-order chi connectivity index (χ1) is 5.74. The number of nitrogens with two attached hydrogens (primary N) is 1. The zero-order valence-corrected chi connectivity index (χ0v) is 6.73. The van der Waals surface area contributed by atoms with Gasteiger partial charge in [0.2, 0.25) is 5.91 Å². The van der Waals surface area contributed by atoms with Gasteiger partial charge in [-0.3, -0.25) is 4.79 Å². The van der Waals surface area contributed by atoms with Crippen molar-refractivity contribution in [3.8, 4) is 6.07 Å². The monoisotopic (exact) mass is 165 g/mol. The highest BCUT2D eigenvalue weighted by Crippen LogP contribution is 2.32. The van der Waals surface area contributed by atoms with Gasteiger partial charge in [0.15, 0.2) is 0 Å². The van der Waals surface area contributed by atoms with E-state index in [1.807, 2.05) is 0 Å². The minimum absolute atomic E-state index is 0.0379. The molecule has 2 heterocycles. The van der Waals surface area contributed by atoms with Crippen LogP contribution in [-0.2, 0) is 4.79 Å². The molecule has 2 N–H and O–H groups in total. The van der Waals surface area contributed by atoms with Crippen LogP contribution in [0.2, 0.25) is 0 Å². The van der Waals surface area contributed by atoms with Gasteiger partial charge in [-0.1, -0.05) is 0 Å². The molecular weight excluding hydrogens is 154 g/mol. The first kappa shape index (κ1) is 7.56. The second kappa shape index (κ2) is 2.46. The molecule has 2 aliphatic heterocycles. The molecular formula is C8H11N3O. The van der Waals surface area contributed by atoms with Crippen molar-refractivity contribution in [1.29, 1.82) is 5.26 Å². The van der Waals surface area contributed by atoms with E-state index in [9.17, 15) is 4.79 Å². The van der Waals surface area contributed by atoms with Gasteiger partial charge >= 0.3 is 0 Å². The Balaban J connectivity index is 2.22. The minimum atomic E-state index is -0.355. The maximum atomic E-state index is 11.4. The van der Waals surface area contributed by atoms with E-state index in [2.05, 4.69) is 6.07 Å². The Morgan fingerprint density at radius 1 is 1.58 bits per heavy atom. The predicted molar refractivity (Wildman–Crippen MR) is 41.9 cm³/mol. The van der Waals surface area contributed by atoms with Crippen LogP contribution in [0.15, 0.2) is 0 Å². The Bertz CT molecular complexity index is 258. The molecule has 0 aromatic heterocycles. The third kappa shape index (κ3) is 0.833. The van der Waals surface area contributed by atoms with E-state index < -0.39 is 0 Å². The summed E-state index contributed by atoms with van der Waals surface area (Å²) in [5, 5.41) is 8.73. The molecule has 0 bridgehead atoms. The summed E-state index contributed by atoms with van der Waals surface area (Å²) in [6.45, 7) is 0. The van der Waals surface area contributed by atoms with E-state index in [0.717, 1.165) is 19.3 Å². The van der Waals surface area contributed by atoms with Gasteiger partial charge in [0.05, 0.1) is 12.1 Å². The number of hydrogen-bond acceptors (Lipinski definition) is 3. The molecule has 0 spiro atoms. The Morgan fingerprint density at radius 3 is 3.00 bits per heavy atom. The number of hydrogen-bond donors (Lipinski definition) is 1. The Hall–Kier alpha value is -1.08. The molecule has 3 atom stereocenters. The first-order valence-corrected chi connectivity index (χ1v) is 4.21. The molecule has 0 aromatic carbocycles. The van der Waals surface area contributed by atoms with E-state index in [1.165, 1.54) is 0 Å². The number of nitriles is 1. The van der Waals surface area contributed by atoms with Crippen molar-refractivity contribution in [2.24, 2.45) is 5.73 Å². The fourth-order valence-electron chi connectivity index (χ4n) is 2.16. The molecule has 12 heavy (non-hydrogen) atoms. The summed E-state index contributed by atoms with van der Waals surface area (Å²) in [6.07, 6.45) is 2.49. The molecule has 0 aliphatic carbocycles. The first-order valence-electron chi connectivity index (χ1n) is 4.21. The molecule has 2 aliphatic rings. The summed E-state index contributed by atoms with van der Waals surface area (Å²) in [5.41, 5.74) is 5.58. The highest BCUT2D eigenvalue weighted by atomic mass is 16.2. The van der Waals surface area contributed by atoms with Crippen LogP contribution < -0.4 is 5.73 Å². The largest absolute Gasteiger partial charge is 0.322 e. The van der Waals surface area contributed by atoms with Crippen LogP contribution in [0.25, 0.3) is 0 Å². The van der Waals surface area contributed by atoms with Crippen LogP contribution in [-0.4, -0.2) is 28.9 Å². The average molecular weight is 165 g/mol. The highest BCUT2D eigenvalue weighted by Gasteiger charge is 2.45. The van der Waals surface area contributed by atoms with Crippen molar-refractivity contribution >= 4 is 5.91 Å². The van der Waals surface area contributed by atoms with Gasteiger partial charge in [-0.05, 0) is 19.3 Å². The van der Waals surface area contributed by atoms with Crippen molar-refractivity contribution < 1.29 is 4.79 Å². The number of amides is 1. The fourth-order valence-corrected chi connectivity index (χ4v) is 2.16. The van der Waals surface area contributed by atoms with Crippen LogP contribution in [0.5, 0.6) is 0 Å². The van der Waals surface area contributed by atoms with Gasteiger partial charge in [0.25, 0.3) is 0 Å². The molecule has 4 nitrogen and oxygen atoms in total. The maximum Gasteiger partial charge on any atom is 0.240 e. The predicted octanol–water partition coefficient (Wildman–Crippen LogP) is -0.399. The van der Waals surface area contributed by atoms with E-state index in [1.54, 1.807) is 4.90 Å². The third-order valence-electron chi connectivity index (χ3n) is 2.75. The lowest BCUT2D eigenvalue weighted by Gasteiger charge is -2.18. The smallest absolute Gasteiger partial charge is 0.240 e. The lowest BCUT2D eigenvalue weighted by Crippen LogP contribution is -2.38. The number of carbonyl (C=O) groups excluding carboxylic acids is 1. The number of fused-ring (bicyclic) bond motifs is 1. The van der Waals surface area contributed by atoms with Gasteiger partial charge in [0, 0.05) is 6.04 Å². The Kier molecular flexibility index (Phi) is 1.55. The number of carbonyl (C=O) groups is 1. The summed E-state index contributed by atoms with van der Waals surface area (Å²) in [7, 11) is 0. The molecule has 2 rings (SSSR count). The van der Waals surface area contributed by atoms with Gasteiger partial charge in [-0.2, -0.15) is 5.26 Å². The lowest BCUT2D eigenvalue weighted by molar-refractivity contribution is -0.129.